The molecule has 1 aromatic carbocycles. The van der Waals surface area contributed by atoms with Gasteiger partial charge in [-0.1, -0.05) is 18.2 Å². The van der Waals surface area contributed by atoms with Gasteiger partial charge in [0.15, 0.2) is 0 Å². The molecule has 0 radical (unpaired) electrons. The van der Waals surface area contributed by atoms with Crippen LogP contribution < -0.4 is 15.1 Å². The van der Waals surface area contributed by atoms with Gasteiger partial charge in [-0.25, -0.2) is 4.98 Å². The Bertz CT molecular complexity index is 783. The minimum Gasteiger partial charge on any atom is -0.467 e. The van der Waals surface area contributed by atoms with Gasteiger partial charge in [-0.15, -0.1) is 0 Å². The summed E-state index contributed by atoms with van der Waals surface area (Å²) in [7, 11) is 0. The predicted octanol–water partition coefficient (Wildman–Crippen LogP) is 3.01. The van der Waals surface area contributed by atoms with Crippen molar-refractivity contribution in [3.63, 3.8) is 0 Å². The Morgan fingerprint density at radius 1 is 0.920 bits per heavy atom. The van der Waals surface area contributed by atoms with Crippen molar-refractivity contribution in [2.75, 3.05) is 41.3 Å². The van der Waals surface area contributed by atoms with E-state index in [2.05, 4.69) is 55.4 Å². The fourth-order valence-corrected chi connectivity index (χ4v) is 3.02. The highest BCUT2D eigenvalue weighted by atomic mass is 16.3. The first-order valence-electron chi connectivity index (χ1n) is 8.53. The van der Waals surface area contributed by atoms with Crippen LogP contribution in [0.5, 0.6) is 0 Å². The lowest BCUT2D eigenvalue weighted by molar-refractivity contribution is 0.517. The van der Waals surface area contributed by atoms with Crippen molar-refractivity contribution >= 4 is 17.5 Å². The molecule has 0 atom stereocenters. The van der Waals surface area contributed by atoms with Crippen LogP contribution in [-0.2, 0) is 6.54 Å². The van der Waals surface area contributed by atoms with Gasteiger partial charge >= 0.3 is 0 Å². The van der Waals surface area contributed by atoms with Crippen molar-refractivity contribution in [3.8, 4) is 0 Å². The lowest BCUT2D eigenvalue weighted by atomic mass is 10.2. The van der Waals surface area contributed by atoms with Crippen LogP contribution in [0.25, 0.3) is 0 Å². The van der Waals surface area contributed by atoms with E-state index in [4.69, 9.17) is 4.42 Å². The van der Waals surface area contributed by atoms with Gasteiger partial charge in [-0.3, -0.25) is 0 Å². The molecule has 0 amide bonds. The zero-order valence-corrected chi connectivity index (χ0v) is 14.0. The number of benzene rings is 1. The van der Waals surface area contributed by atoms with Crippen LogP contribution in [-0.4, -0.2) is 36.1 Å². The molecule has 1 aliphatic rings. The summed E-state index contributed by atoms with van der Waals surface area (Å²) >= 11 is 0. The number of furan rings is 1. The number of hydrogen-bond donors (Lipinski definition) is 1. The lowest BCUT2D eigenvalue weighted by Gasteiger charge is -2.36. The Balaban J connectivity index is 1.37. The van der Waals surface area contributed by atoms with Crippen LogP contribution in [0, 0.1) is 0 Å². The second kappa shape index (κ2) is 7.25. The van der Waals surface area contributed by atoms with Crippen LogP contribution in [0.3, 0.4) is 0 Å². The van der Waals surface area contributed by atoms with Crippen LogP contribution >= 0.6 is 0 Å². The summed E-state index contributed by atoms with van der Waals surface area (Å²) in [5, 5.41) is 3.21. The number of nitrogens with zero attached hydrogens (tertiary/aromatic N) is 4. The molecular formula is C19H21N5O. The number of nitrogens with one attached hydrogen (secondary N) is 1. The van der Waals surface area contributed by atoms with E-state index in [0.717, 1.165) is 37.8 Å². The van der Waals surface area contributed by atoms with E-state index in [-0.39, 0.29) is 0 Å². The molecule has 1 fully saturated rings. The zero-order chi connectivity index (χ0) is 16.9. The third-order valence-electron chi connectivity index (χ3n) is 4.37. The first kappa shape index (κ1) is 15.5. The Kier molecular flexibility index (Phi) is 4.50. The molecule has 6 nitrogen and oxygen atoms in total. The topological polar surface area (TPSA) is 57.4 Å². The van der Waals surface area contributed by atoms with Gasteiger partial charge in [0.05, 0.1) is 12.8 Å². The molecular weight excluding hydrogens is 314 g/mol. The van der Waals surface area contributed by atoms with E-state index in [9.17, 15) is 0 Å². The summed E-state index contributed by atoms with van der Waals surface area (Å²) in [5.74, 6) is 2.45. The van der Waals surface area contributed by atoms with Crippen LogP contribution in [0.1, 0.15) is 5.76 Å². The van der Waals surface area contributed by atoms with E-state index in [1.165, 1.54) is 5.69 Å². The zero-order valence-electron chi connectivity index (χ0n) is 14.0. The van der Waals surface area contributed by atoms with Crippen molar-refractivity contribution in [2.45, 2.75) is 6.54 Å². The average molecular weight is 335 g/mol. The molecule has 25 heavy (non-hydrogen) atoms. The molecule has 2 aromatic heterocycles. The van der Waals surface area contributed by atoms with E-state index < -0.39 is 0 Å². The Morgan fingerprint density at radius 3 is 2.48 bits per heavy atom. The highest BCUT2D eigenvalue weighted by molar-refractivity contribution is 5.50. The SMILES string of the molecule is c1ccc(N2CCN(c3ccnc(NCc4ccco4)n3)CC2)cc1. The summed E-state index contributed by atoms with van der Waals surface area (Å²) in [4.78, 5) is 13.6. The maximum atomic E-state index is 5.32. The quantitative estimate of drug-likeness (QED) is 0.773. The number of hydrogen-bond acceptors (Lipinski definition) is 6. The molecule has 1 saturated heterocycles. The third-order valence-corrected chi connectivity index (χ3v) is 4.37. The van der Waals surface area contributed by atoms with Crippen LogP contribution in [0.15, 0.2) is 65.4 Å². The summed E-state index contributed by atoms with van der Waals surface area (Å²) in [6.07, 6.45) is 3.47. The summed E-state index contributed by atoms with van der Waals surface area (Å²) in [6.45, 7) is 4.46. The Hall–Kier alpha value is -3.02. The van der Waals surface area contributed by atoms with E-state index in [0.29, 0.717) is 12.5 Å². The van der Waals surface area contributed by atoms with Gasteiger partial charge in [-0.05, 0) is 30.3 Å². The molecule has 128 valence electrons. The fourth-order valence-electron chi connectivity index (χ4n) is 3.02. The minimum absolute atomic E-state index is 0.582. The molecule has 0 spiro atoms. The van der Waals surface area contributed by atoms with Gasteiger partial charge in [0, 0.05) is 38.1 Å². The third kappa shape index (κ3) is 3.74. The maximum Gasteiger partial charge on any atom is 0.224 e. The second-order valence-corrected chi connectivity index (χ2v) is 5.98. The predicted molar refractivity (Wildman–Crippen MR) is 98.9 cm³/mol. The van der Waals surface area contributed by atoms with Crippen molar-refractivity contribution in [1.29, 1.82) is 0 Å². The summed E-state index contributed by atoms with van der Waals surface area (Å²) in [6, 6.07) is 16.3. The molecule has 0 unspecified atom stereocenters. The number of anilines is 3. The average Bonchev–Trinajstić information content (AvgIpc) is 3.21. The van der Waals surface area contributed by atoms with Gasteiger partial charge in [0.2, 0.25) is 5.95 Å². The summed E-state index contributed by atoms with van der Waals surface area (Å²) in [5.41, 5.74) is 1.28. The first-order chi connectivity index (χ1) is 12.4. The van der Waals surface area contributed by atoms with Crippen LogP contribution in [0.2, 0.25) is 0 Å². The first-order valence-corrected chi connectivity index (χ1v) is 8.53. The maximum absolute atomic E-state index is 5.32. The Labute approximate surface area is 147 Å². The monoisotopic (exact) mass is 335 g/mol. The fraction of sp³-hybridized carbons (Fsp3) is 0.263. The van der Waals surface area contributed by atoms with Gasteiger partial charge in [-0.2, -0.15) is 4.98 Å². The largest absolute Gasteiger partial charge is 0.467 e. The molecule has 1 aliphatic heterocycles. The molecule has 0 saturated carbocycles. The number of rotatable bonds is 5. The molecule has 4 rings (SSSR count). The van der Waals surface area contributed by atoms with Crippen molar-refractivity contribution in [3.05, 3.63) is 66.8 Å². The Morgan fingerprint density at radius 2 is 1.72 bits per heavy atom. The normalized spacial score (nSPS) is 14.6. The van der Waals surface area contributed by atoms with E-state index in [1.807, 2.05) is 18.2 Å². The highest BCUT2D eigenvalue weighted by Gasteiger charge is 2.18. The van der Waals surface area contributed by atoms with Gasteiger partial charge in [0.25, 0.3) is 0 Å². The number of aromatic nitrogens is 2. The van der Waals surface area contributed by atoms with E-state index in [1.54, 1.807) is 12.5 Å². The molecule has 0 bridgehead atoms. The van der Waals surface area contributed by atoms with Crippen molar-refractivity contribution < 1.29 is 4.42 Å². The summed E-state index contributed by atoms with van der Waals surface area (Å²) < 4.78 is 5.32. The van der Waals surface area contributed by atoms with Gasteiger partial charge in [0.1, 0.15) is 11.6 Å². The van der Waals surface area contributed by atoms with E-state index >= 15 is 0 Å². The minimum atomic E-state index is 0.582. The molecule has 1 N–H and O–H groups in total. The smallest absolute Gasteiger partial charge is 0.224 e. The second-order valence-electron chi connectivity index (χ2n) is 5.98. The molecule has 0 aliphatic carbocycles. The molecule has 3 heterocycles. The van der Waals surface area contributed by atoms with Crippen LogP contribution in [0.4, 0.5) is 17.5 Å². The van der Waals surface area contributed by atoms with Gasteiger partial charge < -0.3 is 19.5 Å². The van der Waals surface area contributed by atoms with Crippen molar-refractivity contribution in [1.82, 2.24) is 9.97 Å². The van der Waals surface area contributed by atoms with Crippen molar-refractivity contribution in [2.24, 2.45) is 0 Å². The lowest BCUT2D eigenvalue weighted by Crippen LogP contribution is -2.46. The molecule has 6 heteroatoms. The number of piperazine rings is 1. The molecule has 3 aromatic rings. The standard InChI is InChI=1S/C19H21N5O/c1-2-5-16(6-3-1)23-10-12-24(13-11-23)18-8-9-20-19(22-18)21-15-17-7-4-14-25-17/h1-9,14H,10-13,15H2,(H,20,21,22). The highest BCUT2D eigenvalue weighted by Crippen LogP contribution is 2.19. The number of para-hydroxylation sites is 1.